The summed E-state index contributed by atoms with van der Waals surface area (Å²) >= 11 is 2.00. The Labute approximate surface area is 202 Å². The first-order valence-corrected chi connectivity index (χ1v) is 14.0. The van der Waals surface area contributed by atoms with E-state index in [-0.39, 0.29) is 17.3 Å². The zero-order chi connectivity index (χ0) is 23.7. The fourth-order valence-electron chi connectivity index (χ4n) is 3.87. The maximum atomic E-state index is 13.4. The summed E-state index contributed by atoms with van der Waals surface area (Å²) in [6.45, 7) is 2.21. The topological polar surface area (TPSA) is 75.7 Å². The maximum Gasteiger partial charge on any atom is 0.264 e. The highest BCUT2D eigenvalue weighted by molar-refractivity contribution is 7.99. The van der Waals surface area contributed by atoms with E-state index < -0.39 is 10.0 Å². The van der Waals surface area contributed by atoms with Crippen molar-refractivity contribution in [1.29, 1.82) is 0 Å². The third-order valence-electron chi connectivity index (χ3n) is 5.81. The Morgan fingerprint density at radius 3 is 2.36 bits per heavy atom. The van der Waals surface area contributed by atoms with Crippen LogP contribution in [0.4, 0.5) is 5.69 Å². The van der Waals surface area contributed by atoms with Crippen molar-refractivity contribution in [3.8, 4) is 5.75 Å². The van der Waals surface area contributed by atoms with Gasteiger partial charge in [0.1, 0.15) is 12.3 Å². The van der Waals surface area contributed by atoms with E-state index in [1.54, 1.807) is 24.3 Å². The van der Waals surface area contributed by atoms with Gasteiger partial charge in [0, 0.05) is 11.8 Å². The first-order chi connectivity index (χ1) is 15.9. The lowest BCUT2D eigenvalue weighted by molar-refractivity contribution is -0.119. The number of sulfonamides is 1. The van der Waals surface area contributed by atoms with Crippen molar-refractivity contribution < 1.29 is 17.9 Å². The van der Waals surface area contributed by atoms with Gasteiger partial charge in [-0.2, -0.15) is 11.8 Å². The average molecular weight is 491 g/mol. The van der Waals surface area contributed by atoms with E-state index in [1.807, 2.05) is 30.8 Å². The Balaban J connectivity index is 1.62. The van der Waals surface area contributed by atoms with Crippen molar-refractivity contribution in [3.63, 3.8) is 0 Å². The SMILES string of the molecule is COc1ccc(S(=O)(=O)N(CC(=O)NCCCSC2CCCCC2)c2ccc(C)cc2)cc1. The Morgan fingerprint density at radius 1 is 1.06 bits per heavy atom. The minimum Gasteiger partial charge on any atom is -0.497 e. The number of nitrogens with zero attached hydrogens (tertiary/aromatic N) is 1. The highest BCUT2D eigenvalue weighted by Crippen LogP contribution is 2.28. The van der Waals surface area contributed by atoms with Gasteiger partial charge in [-0.3, -0.25) is 9.10 Å². The quantitative estimate of drug-likeness (QED) is 0.459. The zero-order valence-corrected chi connectivity index (χ0v) is 21.1. The normalized spacial score (nSPS) is 14.6. The lowest BCUT2D eigenvalue weighted by atomic mass is 10.0. The van der Waals surface area contributed by atoms with Gasteiger partial charge < -0.3 is 10.1 Å². The summed E-state index contributed by atoms with van der Waals surface area (Å²) in [7, 11) is -2.40. The van der Waals surface area contributed by atoms with Crippen molar-refractivity contribution in [1.82, 2.24) is 5.32 Å². The smallest absolute Gasteiger partial charge is 0.264 e. The number of benzene rings is 2. The predicted octanol–water partition coefficient (Wildman–Crippen LogP) is 4.77. The van der Waals surface area contributed by atoms with Crippen LogP contribution in [0, 0.1) is 6.92 Å². The van der Waals surface area contributed by atoms with Gasteiger partial charge >= 0.3 is 0 Å². The number of hydrogen-bond acceptors (Lipinski definition) is 5. The van der Waals surface area contributed by atoms with E-state index in [0.29, 0.717) is 18.0 Å². The number of carbonyl (C=O) groups is 1. The zero-order valence-electron chi connectivity index (χ0n) is 19.5. The lowest BCUT2D eigenvalue weighted by Gasteiger charge is -2.24. The van der Waals surface area contributed by atoms with Crippen LogP contribution in [0.2, 0.25) is 0 Å². The fraction of sp³-hybridized carbons (Fsp3) is 0.480. The molecule has 0 unspecified atom stereocenters. The van der Waals surface area contributed by atoms with Crippen LogP contribution in [-0.2, 0) is 14.8 Å². The Hall–Kier alpha value is -2.19. The summed E-state index contributed by atoms with van der Waals surface area (Å²) in [6.07, 6.45) is 7.47. The summed E-state index contributed by atoms with van der Waals surface area (Å²) in [5, 5.41) is 3.65. The molecular weight excluding hydrogens is 456 g/mol. The number of rotatable bonds is 11. The van der Waals surface area contributed by atoms with Gasteiger partial charge in [0.15, 0.2) is 0 Å². The largest absolute Gasteiger partial charge is 0.497 e. The van der Waals surface area contributed by atoms with Gasteiger partial charge in [0.25, 0.3) is 10.0 Å². The monoisotopic (exact) mass is 490 g/mol. The third kappa shape index (κ3) is 7.40. The fourth-order valence-corrected chi connectivity index (χ4v) is 6.60. The molecule has 0 aliphatic heterocycles. The average Bonchev–Trinajstić information content (AvgIpc) is 2.83. The molecule has 0 radical (unpaired) electrons. The Kier molecular flexibility index (Phi) is 9.50. The van der Waals surface area contributed by atoms with Crippen molar-refractivity contribution >= 4 is 33.4 Å². The first kappa shape index (κ1) is 25.4. The molecule has 0 saturated heterocycles. The molecule has 33 heavy (non-hydrogen) atoms. The molecule has 1 aliphatic carbocycles. The van der Waals surface area contributed by atoms with Gasteiger partial charge in [-0.1, -0.05) is 37.0 Å². The number of anilines is 1. The molecule has 1 amide bonds. The highest BCUT2D eigenvalue weighted by atomic mass is 32.2. The first-order valence-electron chi connectivity index (χ1n) is 11.5. The molecule has 1 saturated carbocycles. The number of amides is 1. The summed E-state index contributed by atoms with van der Waals surface area (Å²) in [5.74, 6) is 1.27. The molecule has 3 rings (SSSR count). The standard InChI is InChI=1S/C25H34N2O4S2/c1-20-9-11-21(12-10-20)27(33(29,30)24-15-13-22(31-2)14-16-24)19-25(28)26-17-6-18-32-23-7-4-3-5-8-23/h9-16,23H,3-8,17-19H2,1-2H3,(H,26,28). The number of carbonyl (C=O) groups excluding carboxylic acids is 1. The van der Waals surface area contributed by atoms with E-state index in [0.717, 1.165) is 23.0 Å². The second-order valence-corrected chi connectivity index (χ2v) is 11.6. The van der Waals surface area contributed by atoms with Crippen LogP contribution in [0.5, 0.6) is 5.75 Å². The number of hydrogen-bond donors (Lipinski definition) is 1. The molecule has 0 aromatic heterocycles. The maximum absolute atomic E-state index is 13.4. The minimum absolute atomic E-state index is 0.112. The second-order valence-electron chi connectivity index (χ2n) is 8.36. The van der Waals surface area contributed by atoms with Crippen LogP contribution in [0.25, 0.3) is 0 Å². The number of thioether (sulfide) groups is 1. The molecule has 0 atom stereocenters. The van der Waals surface area contributed by atoms with Crippen molar-refractivity contribution in [3.05, 3.63) is 54.1 Å². The van der Waals surface area contributed by atoms with Crippen molar-refractivity contribution in [2.24, 2.45) is 0 Å². The Bertz CT molecular complexity index is 986. The molecule has 180 valence electrons. The summed E-state index contributed by atoms with van der Waals surface area (Å²) in [4.78, 5) is 12.8. The number of aryl methyl sites for hydroxylation is 1. The van der Waals surface area contributed by atoms with Gasteiger partial charge in [0.2, 0.25) is 5.91 Å². The summed E-state index contributed by atoms with van der Waals surface area (Å²) in [5.41, 5.74) is 1.47. The molecule has 2 aromatic rings. The lowest BCUT2D eigenvalue weighted by Crippen LogP contribution is -2.41. The van der Waals surface area contributed by atoms with Gasteiger partial charge in [0.05, 0.1) is 17.7 Å². The summed E-state index contributed by atoms with van der Waals surface area (Å²) < 4.78 is 33.1. The molecule has 1 N–H and O–H groups in total. The van der Waals surface area contributed by atoms with E-state index in [9.17, 15) is 13.2 Å². The van der Waals surface area contributed by atoms with Crippen molar-refractivity contribution in [2.75, 3.05) is 30.3 Å². The molecule has 6 nitrogen and oxygen atoms in total. The van der Waals surface area contributed by atoms with Gasteiger partial charge in [-0.25, -0.2) is 8.42 Å². The van der Waals surface area contributed by atoms with Crippen LogP contribution in [0.3, 0.4) is 0 Å². The van der Waals surface area contributed by atoms with Gasteiger partial charge in [-0.05, 0) is 68.3 Å². The third-order valence-corrected chi connectivity index (χ3v) is 9.06. The molecule has 1 aliphatic rings. The van der Waals surface area contributed by atoms with E-state index >= 15 is 0 Å². The van der Waals surface area contributed by atoms with Crippen LogP contribution in [-0.4, -0.2) is 45.5 Å². The minimum atomic E-state index is -3.92. The van der Waals surface area contributed by atoms with E-state index in [2.05, 4.69) is 5.32 Å². The number of nitrogens with one attached hydrogen (secondary N) is 1. The number of ether oxygens (including phenoxy) is 1. The molecule has 0 bridgehead atoms. The Morgan fingerprint density at radius 2 is 1.73 bits per heavy atom. The molecule has 1 fully saturated rings. The second kappa shape index (κ2) is 12.3. The molecular formula is C25H34N2O4S2. The molecule has 8 heteroatoms. The van der Waals surface area contributed by atoms with Crippen molar-refractivity contribution in [2.45, 2.75) is 55.6 Å². The van der Waals surface area contributed by atoms with E-state index in [4.69, 9.17) is 4.74 Å². The number of methoxy groups -OCH3 is 1. The molecule has 0 heterocycles. The molecule has 0 spiro atoms. The summed E-state index contributed by atoms with van der Waals surface area (Å²) in [6, 6.07) is 13.3. The van der Waals surface area contributed by atoms with Crippen LogP contribution in [0.15, 0.2) is 53.4 Å². The van der Waals surface area contributed by atoms with Crippen LogP contribution < -0.4 is 14.4 Å². The highest BCUT2D eigenvalue weighted by Gasteiger charge is 2.27. The molecule has 2 aromatic carbocycles. The van der Waals surface area contributed by atoms with Crippen LogP contribution >= 0.6 is 11.8 Å². The van der Waals surface area contributed by atoms with E-state index in [1.165, 1.54) is 55.7 Å². The van der Waals surface area contributed by atoms with Crippen LogP contribution in [0.1, 0.15) is 44.1 Å². The van der Waals surface area contributed by atoms with Gasteiger partial charge in [-0.15, -0.1) is 0 Å². The predicted molar refractivity (Wildman–Crippen MR) is 136 cm³/mol.